The fraction of sp³-hybridized carbons (Fsp3) is 0.350. The largest absolute Gasteiger partial charge is 0.462 e. The normalized spacial score (nSPS) is 14.6. The summed E-state index contributed by atoms with van der Waals surface area (Å²) in [6, 6.07) is 10.00. The number of carbonyl (C=O) groups is 3. The number of likely N-dealkylation sites (tertiary alicyclic amines) is 1. The van der Waals surface area contributed by atoms with Gasteiger partial charge in [0.15, 0.2) is 5.76 Å². The molecule has 0 atom stereocenters. The molecule has 3 rings (SSSR count). The molecule has 2 amide bonds. The molecule has 1 fully saturated rings. The highest BCUT2D eigenvalue weighted by Crippen LogP contribution is 2.21. The number of hydrogen-bond donors (Lipinski definition) is 1. The molecule has 27 heavy (non-hydrogen) atoms. The monoisotopic (exact) mass is 370 g/mol. The highest BCUT2D eigenvalue weighted by atomic mass is 16.5. The minimum atomic E-state index is -0.418. The van der Waals surface area contributed by atoms with E-state index in [2.05, 4.69) is 5.32 Å². The standard InChI is InChI=1S/C20H22N2O5/c1-2-26-20(25)15-5-3-6-16(13-15)21-18(23)14-8-10-22(11-9-14)19(24)17-7-4-12-27-17/h3-7,12-14H,2,8-11H2,1H3,(H,21,23). The molecule has 1 aromatic carbocycles. The van der Waals surface area contributed by atoms with Crippen molar-refractivity contribution < 1.29 is 23.5 Å². The van der Waals surface area contributed by atoms with E-state index in [-0.39, 0.29) is 17.7 Å². The van der Waals surface area contributed by atoms with Crippen molar-refractivity contribution in [1.82, 2.24) is 4.90 Å². The van der Waals surface area contributed by atoms with Crippen LogP contribution in [0.1, 0.15) is 40.7 Å². The van der Waals surface area contributed by atoms with Crippen molar-refractivity contribution in [2.45, 2.75) is 19.8 Å². The maximum atomic E-state index is 12.5. The van der Waals surface area contributed by atoms with E-state index in [1.807, 2.05) is 0 Å². The second kappa shape index (κ2) is 8.53. The van der Waals surface area contributed by atoms with Crippen LogP contribution in [0.2, 0.25) is 0 Å². The Hall–Kier alpha value is -3.09. The third-order valence-corrected chi connectivity index (χ3v) is 4.53. The van der Waals surface area contributed by atoms with Gasteiger partial charge in [-0.3, -0.25) is 9.59 Å². The first-order valence-corrected chi connectivity index (χ1v) is 8.99. The first kappa shape index (κ1) is 18.7. The summed E-state index contributed by atoms with van der Waals surface area (Å²) >= 11 is 0. The fourth-order valence-corrected chi connectivity index (χ4v) is 3.08. The van der Waals surface area contributed by atoms with Gasteiger partial charge in [-0.25, -0.2) is 4.79 Å². The van der Waals surface area contributed by atoms with Crippen LogP contribution in [-0.2, 0) is 9.53 Å². The Labute approximate surface area is 157 Å². The molecule has 2 aromatic rings. The number of esters is 1. The zero-order chi connectivity index (χ0) is 19.2. The predicted octanol–water partition coefficient (Wildman–Crippen LogP) is 2.95. The third kappa shape index (κ3) is 4.55. The molecule has 1 aliphatic heterocycles. The fourth-order valence-electron chi connectivity index (χ4n) is 3.08. The topological polar surface area (TPSA) is 88.9 Å². The van der Waals surface area contributed by atoms with Gasteiger partial charge in [-0.05, 0) is 50.1 Å². The second-order valence-corrected chi connectivity index (χ2v) is 6.33. The number of carbonyl (C=O) groups excluding carboxylic acids is 3. The van der Waals surface area contributed by atoms with Crippen LogP contribution in [0, 0.1) is 5.92 Å². The van der Waals surface area contributed by atoms with Crippen molar-refractivity contribution >= 4 is 23.5 Å². The van der Waals surface area contributed by atoms with Crippen LogP contribution in [0.4, 0.5) is 5.69 Å². The van der Waals surface area contributed by atoms with Gasteiger partial charge in [-0.1, -0.05) is 6.07 Å². The van der Waals surface area contributed by atoms with Gasteiger partial charge < -0.3 is 19.4 Å². The molecule has 2 heterocycles. The summed E-state index contributed by atoms with van der Waals surface area (Å²) in [6.07, 6.45) is 2.63. The number of furan rings is 1. The molecule has 1 aliphatic rings. The summed E-state index contributed by atoms with van der Waals surface area (Å²) in [5.74, 6) is -0.550. The number of benzene rings is 1. The molecule has 1 N–H and O–H groups in total. The van der Waals surface area contributed by atoms with E-state index >= 15 is 0 Å². The van der Waals surface area contributed by atoms with Crippen LogP contribution in [0.3, 0.4) is 0 Å². The lowest BCUT2D eigenvalue weighted by Gasteiger charge is -2.30. The molecule has 0 radical (unpaired) electrons. The van der Waals surface area contributed by atoms with Crippen molar-refractivity contribution in [2.24, 2.45) is 5.92 Å². The van der Waals surface area contributed by atoms with Crippen LogP contribution in [0.5, 0.6) is 0 Å². The Morgan fingerprint density at radius 3 is 2.63 bits per heavy atom. The Morgan fingerprint density at radius 1 is 1.19 bits per heavy atom. The molecule has 7 nitrogen and oxygen atoms in total. The van der Waals surface area contributed by atoms with Crippen LogP contribution >= 0.6 is 0 Å². The Bertz CT molecular complexity index is 808. The van der Waals surface area contributed by atoms with Gasteiger partial charge in [-0.2, -0.15) is 0 Å². The molecule has 0 saturated carbocycles. The van der Waals surface area contributed by atoms with Gasteiger partial charge in [0.05, 0.1) is 18.4 Å². The molecule has 0 spiro atoms. The molecule has 1 aromatic heterocycles. The minimum Gasteiger partial charge on any atom is -0.462 e. The summed E-state index contributed by atoms with van der Waals surface area (Å²) in [4.78, 5) is 38.3. The van der Waals surface area contributed by atoms with E-state index < -0.39 is 5.97 Å². The molecular formula is C20H22N2O5. The highest BCUT2D eigenvalue weighted by Gasteiger charge is 2.28. The van der Waals surface area contributed by atoms with E-state index in [1.165, 1.54) is 6.26 Å². The zero-order valence-corrected chi connectivity index (χ0v) is 15.1. The van der Waals surface area contributed by atoms with E-state index in [9.17, 15) is 14.4 Å². The summed E-state index contributed by atoms with van der Waals surface area (Å²) in [5.41, 5.74) is 0.952. The number of piperidine rings is 1. The van der Waals surface area contributed by atoms with Crippen LogP contribution in [0.15, 0.2) is 47.1 Å². The zero-order valence-electron chi connectivity index (χ0n) is 15.1. The van der Waals surface area contributed by atoms with Gasteiger partial charge in [0.1, 0.15) is 0 Å². The Kier molecular flexibility index (Phi) is 5.90. The lowest BCUT2D eigenvalue weighted by molar-refractivity contribution is -0.121. The summed E-state index contributed by atoms with van der Waals surface area (Å²) in [6.45, 7) is 3.04. The lowest BCUT2D eigenvalue weighted by atomic mass is 9.95. The highest BCUT2D eigenvalue weighted by molar-refractivity contribution is 5.96. The van der Waals surface area contributed by atoms with Crippen LogP contribution in [-0.4, -0.2) is 42.4 Å². The lowest BCUT2D eigenvalue weighted by Crippen LogP contribution is -2.41. The number of nitrogens with zero attached hydrogens (tertiary/aromatic N) is 1. The minimum absolute atomic E-state index is 0.110. The average Bonchev–Trinajstić information content (AvgIpc) is 3.23. The van der Waals surface area contributed by atoms with Gasteiger partial charge in [0.25, 0.3) is 5.91 Å². The molecule has 1 saturated heterocycles. The SMILES string of the molecule is CCOC(=O)c1cccc(NC(=O)C2CCN(C(=O)c3ccco3)CC2)c1. The van der Waals surface area contributed by atoms with E-state index in [0.717, 1.165) is 0 Å². The number of ether oxygens (including phenoxy) is 1. The Balaban J connectivity index is 1.55. The molecule has 0 unspecified atom stereocenters. The number of rotatable bonds is 5. The second-order valence-electron chi connectivity index (χ2n) is 6.33. The third-order valence-electron chi connectivity index (χ3n) is 4.53. The smallest absolute Gasteiger partial charge is 0.338 e. The number of nitrogens with one attached hydrogen (secondary N) is 1. The average molecular weight is 370 g/mol. The number of anilines is 1. The van der Waals surface area contributed by atoms with Crippen molar-refractivity contribution in [1.29, 1.82) is 0 Å². The maximum absolute atomic E-state index is 12.5. The molecule has 0 bridgehead atoms. The molecular weight excluding hydrogens is 348 g/mol. The summed E-state index contributed by atoms with van der Waals surface area (Å²) in [5, 5.41) is 2.85. The quantitative estimate of drug-likeness (QED) is 0.818. The summed E-state index contributed by atoms with van der Waals surface area (Å²) in [7, 11) is 0. The maximum Gasteiger partial charge on any atom is 0.338 e. The molecule has 142 valence electrons. The van der Waals surface area contributed by atoms with E-state index in [1.54, 1.807) is 48.2 Å². The molecule has 0 aliphatic carbocycles. The van der Waals surface area contributed by atoms with Gasteiger partial charge in [-0.15, -0.1) is 0 Å². The van der Waals surface area contributed by atoms with E-state index in [0.29, 0.717) is 49.5 Å². The first-order chi connectivity index (χ1) is 13.1. The molecule has 7 heteroatoms. The van der Waals surface area contributed by atoms with Crippen LogP contribution < -0.4 is 5.32 Å². The van der Waals surface area contributed by atoms with Gasteiger partial charge in [0.2, 0.25) is 5.91 Å². The Morgan fingerprint density at radius 2 is 1.96 bits per heavy atom. The summed E-state index contributed by atoms with van der Waals surface area (Å²) < 4.78 is 10.1. The predicted molar refractivity (Wildman–Crippen MR) is 98.4 cm³/mol. The number of amides is 2. The van der Waals surface area contributed by atoms with Gasteiger partial charge >= 0.3 is 5.97 Å². The number of hydrogen-bond acceptors (Lipinski definition) is 5. The van der Waals surface area contributed by atoms with Crippen LogP contribution in [0.25, 0.3) is 0 Å². The van der Waals surface area contributed by atoms with Gasteiger partial charge in [0, 0.05) is 24.7 Å². The van der Waals surface area contributed by atoms with Crippen molar-refractivity contribution in [2.75, 3.05) is 25.0 Å². The van der Waals surface area contributed by atoms with Crippen molar-refractivity contribution in [3.05, 3.63) is 54.0 Å². The van der Waals surface area contributed by atoms with Crippen molar-refractivity contribution in [3.63, 3.8) is 0 Å². The van der Waals surface area contributed by atoms with Crippen molar-refractivity contribution in [3.8, 4) is 0 Å². The first-order valence-electron chi connectivity index (χ1n) is 8.99. The van der Waals surface area contributed by atoms with E-state index in [4.69, 9.17) is 9.15 Å².